The van der Waals surface area contributed by atoms with Crippen LogP contribution >= 0.6 is 0 Å². The molecule has 1 N–H and O–H groups in total. The summed E-state index contributed by atoms with van der Waals surface area (Å²) >= 11 is 0. The highest BCUT2D eigenvalue weighted by Crippen LogP contribution is 2.39. The van der Waals surface area contributed by atoms with Gasteiger partial charge in [-0.1, -0.05) is 31.2 Å². The van der Waals surface area contributed by atoms with E-state index in [4.69, 9.17) is 14.2 Å². The molecule has 9 nitrogen and oxygen atoms in total. The number of hydrogen-bond donors (Lipinski definition) is 1. The molecule has 0 saturated heterocycles. The maximum Gasteiger partial charge on any atom is 0.303 e. The van der Waals surface area contributed by atoms with Crippen LogP contribution in [0, 0.1) is 0 Å². The number of methoxy groups -OCH3 is 1. The predicted molar refractivity (Wildman–Crippen MR) is 181 cm³/mol. The van der Waals surface area contributed by atoms with Gasteiger partial charge in [0.15, 0.2) is 9.84 Å². The summed E-state index contributed by atoms with van der Waals surface area (Å²) in [6.07, 6.45) is 1.43. The molecule has 0 aliphatic heterocycles. The lowest BCUT2D eigenvalue weighted by molar-refractivity contribution is -0.137. The van der Waals surface area contributed by atoms with Crippen LogP contribution in [0.5, 0.6) is 28.7 Å². The SMILES string of the molecule is COc1ccc(S(=O)(=O)c2ccc(Oc3ccc(C(C)(CCC(=O)O)c4ccc(Oc5ccc(S(C)(=O)=O)cc5)cc4)cc3)cc2)cc1. The van der Waals surface area contributed by atoms with Gasteiger partial charge in [-0.25, -0.2) is 16.8 Å². The summed E-state index contributed by atoms with van der Waals surface area (Å²) in [5.41, 5.74) is 1.09. The number of rotatable bonds is 13. The molecular formula is C37H34O9S2. The Morgan fingerprint density at radius 3 is 1.25 bits per heavy atom. The molecule has 0 radical (unpaired) electrons. The fourth-order valence-corrected chi connectivity index (χ4v) is 7.09. The standard InChI is InChI=1S/C37H34O9S2/c1-37(25-24-36(38)39,26-4-8-29(9-5-26)45-31-14-18-33(19-15-31)47(3,40)41)27-6-10-30(11-7-27)46-32-16-22-35(23-17-32)48(42,43)34-20-12-28(44-2)13-21-34/h4-23H,24-25H2,1-3H3,(H,38,39). The molecule has 0 aliphatic rings. The number of carbonyl (C=O) groups is 1. The molecule has 0 amide bonds. The molecule has 0 saturated carbocycles. The third-order valence-electron chi connectivity index (χ3n) is 8.05. The number of benzene rings is 5. The zero-order chi connectivity index (χ0) is 34.5. The van der Waals surface area contributed by atoms with E-state index in [-0.39, 0.29) is 21.1 Å². The third-order valence-corrected chi connectivity index (χ3v) is 11.0. The van der Waals surface area contributed by atoms with E-state index in [1.54, 1.807) is 60.7 Å². The molecule has 5 aromatic carbocycles. The molecule has 1 unspecified atom stereocenters. The molecule has 248 valence electrons. The zero-order valence-electron chi connectivity index (χ0n) is 26.5. The number of sulfone groups is 2. The first-order chi connectivity index (χ1) is 22.8. The zero-order valence-corrected chi connectivity index (χ0v) is 28.1. The molecule has 0 spiro atoms. The Bertz CT molecular complexity index is 2090. The van der Waals surface area contributed by atoms with Gasteiger partial charge in [-0.05, 0) is 115 Å². The quantitative estimate of drug-likeness (QED) is 0.132. The van der Waals surface area contributed by atoms with Crippen molar-refractivity contribution in [3.05, 3.63) is 132 Å². The Hall–Kier alpha value is -5.13. The first-order valence-electron chi connectivity index (χ1n) is 14.9. The van der Waals surface area contributed by atoms with Crippen LogP contribution in [0.4, 0.5) is 0 Å². The molecule has 5 rings (SSSR count). The van der Waals surface area contributed by atoms with Gasteiger partial charge in [0.1, 0.15) is 28.7 Å². The summed E-state index contributed by atoms with van der Waals surface area (Å²) in [5.74, 6) is 1.65. The van der Waals surface area contributed by atoms with E-state index in [0.717, 1.165) is 17.4 Å². The van der Waals surface area contributed by atoms with Crippen molar-refractivity contribution in [1.82, 2.24) is 0 Å². The normalized spacial score (nSPS) is 12.9. The van der Waals surface area contributed by atoms with Crippen molar-refractivity contribution < 1.29 is 40.9 Å². The molecule has 5 aromatic rings. The molecule has 0 aliphatic carbocycles. The molecule has 11 heteroatoms. The highest BCUT2D eigenvalue weighted by molar-refractivity contribution is 7.91. The molecule has 0 fully saturated rings. The van der Waals surface area contributed by atoms with E-state index in [1.807, 2.05) is 31.2 Å². The second-order valence-electron chi connectivity index (χ2n) is 11.4. The van der Waals surface area contributed by atoms with E-state index < -0.39 is 31.1 Å². The van der Waals surface area contributed by atoms with E-state index in [2.05, 4.69) is 0 Å². The van der Waals surface area contributed by atoms with Crippen LogP contribution in [0.25, 0.3) is 0 Å². The van der Waals surface area contributed by atoms with Crippen LogP contribution in [0.3, 0.4) is 0 Å². The van der Waals surface area contributed by atoms with Crippen LogP contribution in [0.2, 0.25) is 0 Å². The number of carboxylic acid groups (broad SMARTS) is 1. The summed E-state index contributed by atoms with van der Waals surface area (Å²) in [6, 6.07) is 33.2. The molecule has 1 atom stereocenters. The summed E-state index contributed by atoms with van der Waals surface area (Å²) in [4.78, 5) is 12.1. The summed E-state index contributed by atoms with van der Waals surface area (Å²) in [5, 5.41) is 9.49. The van der Waals surface area contributed by atoms with Gasteiger partial charge in [0.2, 0.25) is 9.84 Å². The molecule has 0 bridgehead atoms. The lowest BCUT2D eigenvalue weighted by Gasteiger charge is -2.31. The van der Waals surface area contributed by atoms with Crippen molar-refractivity contribution >= 4 is 25.6 Å². The summed E-state index contributed by atoms with van der Waals surface area (Å²) in [6.45, 7) is 1.98. The Balaban J connectivity index is 1.31. The maximum absolute atomic E-state index is 13.0. The smallest absolute Gasteiger partial charge is 0.303 e. The average molecular weight is 687 g/mol. The second kappa shape index (κ2) is 13.9. The second-order valence-corrected chi connectivity index (χ2v) is 15.3. The highest BCUT2D eigenvalue weighted by atomic mass is 32.2. The molecule has 48 heavy (non-hydrogen) atoms. The van der Waals surface area contributed by atoms with Crippen LogP contribution in [0.15, 0.2) is 136 Å². The van der Waals surface area contributed by atoms with E-state index >= 15 is 0 Å². The number of hydrogen-bond acceptors (Lipinski definition) is 8. The largest absolute Gasteiger partial charge is 0.497 e. The lowest BCUT2D eigenvalue weighted by atomic mass is 9.73. The van der Waals surface area contributed by atoms with E-state index in [9.17, 15) is 26.7 Å². The first-order valence-corrected chi connectivity index (χ1v) is 18.2. The summed E-state index contributed by atoms with van der Waals surface area (Å²) in [7, 11) is -5.52. The Kier molecular flexibility index (Phi) is 9.92. The fourth-order valence-electron chi connectivity index (χ4n) is 5.20. The first kappa shape index (κ1) is 34.2. The molecule has 0 aromatic heterocycles. The highest BCUT2D eigenvalue weighted by Gasteiger charge is 2.30. The number of aliphatic carboxylic acids is 1. The van der Waals surface area contributed by atoms with Crippen LogP contribution in [-0.4, -0.2) is 41.3 Å². The van der Waals surface area contributed by atoms with Gasteiger partial charge in [-0.3, -0.25) is 4.79 Å². The van der Waals surface area contributed by atoms with Crippen molar-refractivity contribution in [2.75, 3.05) is 13.4 Å². The molecular weight excluding hydrogens is 653 g/mol. The van der Waals surface area contributed by atoms with Gasteiger partial charge in [0.25, 0.3) is 0 Å². The van der Waals surface area contributed by atoms with Crippen molar-refractivity contribution in [2.45, 2.75) is 39.9 Å². The minimum atomic E-state index is -3.72. The van der Waals surface area contributed by atoms with Gasteiger partial charge >= 0.3 is 5.97 Å². The topological polar surface area (TPSA) is 133 Å². The van der Waals surface area contributed by atoms with Crippen LogP contribution in [-0.2, 0) is 29.9 Å². The summed E-state index contributed by atoms with van der Waals surface area (Å²) < 4.78 is 66.6. The monoisotopic (exact) mass is 686 g/mol. The minimum absolute atomic E-state index is 0.0501. The van der Waals surface area contributed by atoms with Gasteiger partial charge in [0, 0.05) is 18.1 Å². The van der Waals surface area contributed by atoms with Crippen LogP contribution < -0.4 is 14.2 Å². The number of ether oxygens (including phenoxy) is 3. The Morgan fingerprint density at radius 2 is 0.917 bits per heavy atom. The van der Waals surface area contributed by atoms with Gasteiger partial charge in [0.05, 0.1) is 21.8 Å². The van der Waals surface area contributed by atoms with Crippen molar-refractivity contribution in [1.29, 1.82) is 0 Å². The van der Waals surface area contributed by atoms with Gasteiger partial charge < -0.3 is 19.3 Å². The lowest BCUT2D eigenvalue weighted by Crippen LogP contribution is -2.24. The third kappa shape index (κ3) is 7.87. The predicted octanol–water partition coefficient (Wildman–Crippen LogP) is 7.69. The van der Waals surface area contributed by atoms with Crippen molar-refractivity contribution in [2.24, 2.45) is 0 Å². The van der Waals surface area contributed by atoms with Crippen LogP contribution in [0.1, 0.15) is 30.9 Å². The van der Waals surface area contributed by atoms with Crippen molar-refractivity contribution in [3.8, 4) is 28.7 Å². The fraction of sp³-hybridized carbons (Fsp3) is 0.162. The van der Waals surface area contributed by atoms with Gasteiger partial charge in [-0.15, -0.1) is 0 Å². The van der Waals surface area contributed by atoms with E-state index in [1.165, 1.54) is 43.5 Å². The Morgan fingerprint density at radius 1 is 0.583 bits per heavy atom. The Labute approximate surface area is 280 Å². The maximum atomic E-state index is 13.0. The van der Waals surface area contributed by atoms with Crippen molar-refractivity contribution in [3.63, 3.8) is 0 Å². The average Bonchev–Trinajstić information content (AvgIpc) is 3.08. The molecule has 0 heterocycles. The minimum Gasteiger partial charge on any atom is -0.497 e. The van der Waals surface area contributed by atoms with Gasteiger partial charge in [-0.2, -0.15) is 0 Å². The van der Waals surface area contributed by atoms with E-state index in [0.29, 0.717) is 35.2 Å². The number of carboxylic acids is 1.